The van der Waals surface area contributed by atoms with Gasteiger partial charge in [0.05, 0.1) is 11.4 Å². The first-order valence-electron chi connectivity index (χ1n) is 6.33. The monoisotopic (exact) mass is 269 g/mol. The van der Waals surface area contributed by atoms with Gasteiger partial charge in [0.25, 0.3) is 0 Å². The first kappa shape index (κ1) is 12.4. The molecule has 102 valence electrons. The van der Waals surface area contributed by atoms with E-state index in [1.54, 1.807) is 6.92 Å². The molecule has 20 heavy (non-hydrogen) atoms. The fourth-order valence-corrected chi connectivity index (χ4v) is 2.32. The van der Waals surface area contributed by atoms with Gasteiger partial charge < -0.3 is 16.0 Å². The molecule has 0 bridgehead atoms. The van der Waals surface area contributed by atoms with Crippen LogP contribution in [0, 0.1) is 13.8 Å². The highest BCUT2D eigenvalue weighted by molar-refractivity contribution is 6.03. The number of hydrogen-bond donors (Lipinski definition) is 2. The number of nitrogens with zero attached hydrogens (tertiary/aromatic N) is 3. The Kier molecular flexibility index (Phi) is 2.78. The summed E-state index contributed by atoms with van der Waals surface area (Å²) in [6.07, 6.45) is 0. The molecule has 0 saturated carbocycles. The Bertz CT molecular complexity index is 698. The minimum Gasteiger partial charge on any atom is -0.383 e. The van der Waals surface area contributed by atoms with Crippen LogP contribution in [-0.4, -0.2) is 22.4 Å². The van der Waals surface area contributed by atoms with Gasteiger partial charge in [0.15, 0.2) is 0 Å². The normalized spacial score (nSPS) is 13.9. The van der Waals surface area contributed by atoms with Gasteiger partial charge in [0.2, 0.25) is 5.91 Å². The molecule has 0 aliphatic carbocycles. The van der Waals surface area contributed by atoms with E-state index in [0.717, 1.165) is 16.9 Å². The predicted molar refractivity (Wildman–Crippen MR) is 78.0 cm³/mol. The zero-order valence-electron chi connectivity index (χ0n) is 11.3. The molecule has 0 spiro atoms. The first-order chi connectivity index (χ1) is 9.56. The van der Waals surface area contributed by atoms with Crippen molar-refractivity contribution < 1.29 is 4.79 Å². The van der Waals surface area contributed by atoms with Crippen LogP contribution >= 0.6 is 0 Å². The number of rotatable bonds is 1. The topological polar surface area (TPSA) is 84.1 Å². The molecule has 3 rings (SSSR count). The van der Waals surface area contributed by atoms with Gasteiger partial charge in [-0.25, -0.2) is 9.97 Å². The highest BCUT2D eigenvalue weighted by Gasteiger charge is 2.25. The lowest BCUT2D eigenvalue weighted by Crippen LogP contribution is -2.36. The Morgan fingerprint density at radius 2 is 2.00 bits per heavy atom. The highest BCUT2D eigenvalue weighted by atomic mass is 16.2. The molecular formula is C14H15N5O. The molecule has 1 aliphatic heterocycles. The molecule has 0 unspecified atom stereocenters. The largest absolute Gasteiger partial charge is 0.383 e. The maximum Gasteiger partial charge on any atom is 0.244 e. The Morgan fingerprint density at radius 3 is 2.80 bits per heavy atom. The maximum atomic E-state index is 11.9. The van der Waals surface area contributed by atoms with Gasteiger partial charge in [-0.05, 0) is 26.0 Å². The first-order valence-corrected chi connectivity index (χ1v) is 6.33. The van der Waals surface area contributed by atoms with Crippen molar-refractivity contribution in [3.8, 4) is 0 Å². The molecule has 0 saturated heterocycles. The Hall–Kier alpha value is -2.63. The zero-order chi connectivity index (χ0) is 14.3. The molecule has 1 aromatic carbocycles. The number of nitrogens with one attached hydrogen (secondary N) is 1. The summed E-state index contributed by atoms with van der Waals surface area (Å²) < 4.78 is 0. The van der Waals surface area contributed by atoms with Crippen molar-refractivity contribution in [3.63, 3.8) is 0 Å². The Balaban J connectivity index is 2.18. The third kappa shape index (κ3) is 1.95. The van der Waals surface area contributed by atoms with Crippen molar-refractivity contribution in [2.45, 2.75) is 13.8 Å². The quantitative estimate of drug-likeness (QED) is 0.824. The number of carbonyl (C=O) groups is 1. The van der Waals surface area contributed by atoms with Crippen LogP contribution in [0.1, 0.15) is 11.4 Å². The third-order valence-corrected chi connectivity index (χ3v) is 3.30. The van der Waals surface area contributed by atoms with Crippen LogP contribution in [-0.2, 0) is 4.79 Å². The van der Waals surface area contributed by atoms with Crippen LogP contribution in [0.15, 0.2) is 24.3 Å². The van der Waals surface area contributed by atoms with Crippen LogP contribution in [0.25, 0.3) is 0 Å². The van der Waals surface area contributed by atoms with Crippen LogP contribution in [0.5, 0.6) is 0 Å². The van der Waals surface area contributed by atoms with E-state index in [2.05, 4.69) is 15.3 Å². The van der Waals surface area contributed by atoms with Gasteiger partial charge in [0, 0.05) is 5.56 Å². The summed E-state index contributed by atoms with van der Waals surface area (Å²) in [4.78, 5) is 22.3. The molecule has 6 heteroatoms. The van der Waals surface area contributed by atoms with E-state index >= 15 is 0 Å². The average molecular weight is 269 g/mol. The lowest BCUT2D eigenvalue weighted by molar-refractivity contribution is -0.115. The number of aryl methyl sites for hydroxylation is 1. The summed E-state index contributed by atoms with van der Waals surface area (Å²) in [6, 6.07) is 7.62. The van der Waals surface area contributed by atoms with Gasteiger partial charge in [-0.1, -0.05) is 12.1 Å². The molecule has 2 aromatic rings. The molecule has 3 N–H and O–H groups in total. The Morgan fingerprint density at radius 1 is 1.25 bits per heavy atom. The number of amides is 1. The van der Waals surface area contributed by atoms with Gasteiger partial charge in [-0.2, -0.15) is 0 Å². The van der Waals surface area contributed by atoms with E-state index in [4.69, 9.17) is 5.73 Å². The minimum atomic E-state index is -0.0714. The molecule has 1 amide bonds. The second kappa shape index (κ2) is 4.48. The van der Waals surface area contributed by atoms with E-state index in [9.17, 15) is 4.79 Å². The number of fused-ring (bicyclic) bond motifs is 1. The molecule has 6 nitrogen and oxygen atoms in total. The van der Waals surface area contributed by atoms with Crippen molar-refractivity contribution >= 4 is 28.9 Å². The maximum absolute atomic E-state index is 11.9. The molecule has 2 heterocycles. The lowest BCUT2D eigenvalue weighted by atomic mass is 10.1. The van der Waals surface area contributed by atoms with Gasteiger partial charge >= 0.3 is 0 Å². The molecule has 1 aliphatic rings. The van der Waals surface area contributed by atoms with Crippen LogP contribution < -0.4 is 16.0 Å². The number of carbonyl (C=O) groups excluding carboxylic acids is 1. The number of anilines is 4. The fraction of sp³-hybridized carbons (Fsp3) is 0.214. The summed E-state index contributed by atoms with van der Waals surface area (Å²) in [5.74, 6) is 1.64. The highest BCUT2D eigenvalue weighted by Crippen LogP contribution is 2.36. The number of nitrogen functional groups attached to an aromatic ring is 1. The van der Waals surface area contributed by atoms with Crippen molar-refractivity contribution in [1.82, 2.24) is 9.97 Å². The van der Waals surface area contributed by atoms with E-state index in [0.29, 0.717) is 17.5 Å². The number of hydrogen-bond acceptors (Lipinski definition) is 5. The number of benzene rings is 1. The van der Waals surface area contributed by atoms with Gasteiger partial charge in [-0.15, -0.1) is 0 Å². The number of aromatic nitrogens is 2. The zero-order valence-corrected chi connectivity index (χ0v) is 11.3. The van der Waals surface area contributed by atoms with Crippen molar-refractivity contribution in [3.05, 3.63) is 35.7 Å². The standard InChI is InChI=1S/C14H15N5O/c1-8-13(15)16-9(2)17-14(8)19-7-12(20)18-10-5-3-4-6-11(10)19/h3-6H,7H2,1-2H3,(H,18,20)(H2,15,16,17). The predicted octanol–water partition coefficient (Wildman–Crippen LogP) is 1.77. The van der Waals surface area contributed by atoms with Gasteiger partial charge in [0.1, 0.15) is 24.0 Å². The van der Waals surface area contributed by atoms with Crippen molar-refractivity contribution in [2.75, 3.05) is 22.5 Å². The molecule has 1 aromatic heterocycles. The fourth-order valence-electron chi connectivity index (χ4n) is 2.32. The molecule has 0 atom stereocenters. The molecule has 0 radical (unpaired) electrons. The van der Waals surface area contributed by atoms with Crippen LogP contribution in [0.2, 0.25) is 0 Å². The molecule has 0 fully saturated rings. The second-order valence-electron chi connectivity index (χ2n) is 4.76. The van der Waals surface area contributed by atoms with Gasteiger partial charge in [-0.3, -0.25) is 4.79 Å². The van der Waals surface area contributed by atoms with Crippen molar-refractivity contribution in [2.24, 2.45) is 0 Å². The third-order valence-electron chi connectivity index (χ3n) is 3.30. The second-order valence-corrected chi connectivity index (χ2v) is 4.76. The summed E-state index contributed by atoms with van der Waals surface area (Å²) in [5, 5.41) is 2.85. The lowest BCUT2D eigenvalue weighted by Gasteiger charge is -2.31. The van der Waals surface area contributed by atoms with E-state index in [1.807, 2.05) is 36.1 Å². The molecular weight excluding hydrogens is 254 g/mol. The Labute approximate surface area is 116 Å². The minimum absolute atomic E-state index is 0.0714. The summed E-state index contributed by atoms with van der Waals surface area (Å²) in [5.41, 5.74) is 8.37. The van der Waals surface area contributed by atoms with E-state index < -0.39 is 0 Å². The van der Waals surface area contributed by atoms with E-state index in [-0.39, 0.29) is 12.5 Å². The summed E-state index contributed by atoms with van der Waals surface area (Å²) in [6.45, 7) is 3.86. The smallest absolute Gasteiger partial charge is 0.244 e. The number of nitrogens with two attached hydrogens (primary N) is 1. The van der Waals surface area contributed by atoms with Crippen LogP contribution in [0.3, 0.4) is 0 Å². The summed E-state index contributed by atoms with van der Waals surface area (Å²) in [7, 11) is 0. The van der Waals surface area contributed by atoms with Crippen molar-refractivity contribution in [1.29, 1.82) is 0 Å². The number of para-hydroxylation sites is 2. The summed E-state index contributed by atoms with van der Waals surface area (Å²) >= 11 is 0. The van der Waals surface area contributed by atoms with Crippen LogP contribution in [0.4, 0.5) is 23.0 Å². The van der Waals surface area contributed by atoms with E-state index in [1.165, 1.54) is 0 Å². The average Bonchev–Trinajstić information content (AvgIpc) is 2.42. The SMILES string of the molecule is Cc1nc(N)c(C)c(N2CC(=O)Nc3ccccc32)n1.